The lowest BCUT2D eigenvalue weighted by Crippen LogP contribution is -2.61. The molecule has 0 radical (unpaired) electrons. The normalized spacial score (nSPS) is 27.0. The van der Waals surface area contributed by atoms with Gasteiger partial charge in [0.15, 0.2) is 11.4 Å². The first kappa shape index (κ1) is 23.4. The lowest BCUT2D eigenvalue weighted by atomic mass is 9.57. The van der Waals surface area contributed by atoms with Crippen LogP contribution in [0, 0.1) is 17.8 Å². The first-order chi connectivity index (χ1) is 15.5. The van der Waals surface area contributed by atoms with E-state index in [4.69, 9.17) is 0 Å². The number of aliphatic hydroxyl groups is 2. The Balaban J connectivity index is 1.79. The van der Waals surface area contributed by atoms with E-state index in [0.29, 0.717) is 24.3 Å². The second-order valence-electron chi connectivity index (χ2n) is 10.3. The summed E-state index contributed by atoms with van der Waals surface area (Å²) in [5.41, 5.74) is 0.204. The number of aliphatic hydroxyl groups excluding tert-OH is 1. The predicted octanol–water partition coefficient (Wildman–Crippen LogP) is 4.01. The third kappa shape index (κ3) is 3.55. The summed E-state index contributed by atoms with van der Waals surface area (Å²) in [5.74, 6) is -3.10. The van der Waals surface area contributed by atoms with E-state index in [1.165, 1.54) is 13.0 Å². The monoisotopic (exact) mass is 452 g/mol. The maximum Gasteiger partial charge on any atom is 0.206 e. The Bertz CT molecular complexity index is 1120. The van der Waals surface area contributed by atoms with Crippen molar-refractivity contribution >= 4 is 23.1 Å². The number of hydrogen-bond acceptors (Lipinski definition) is 6. The minimum atomic E-state index is -2.36. The van der Waals surface area contributed by atoms with E-state index in [1.807, 2.05) is 6.07 Å². The Kier molecular flexibility index (Phi) is 5.85. The van der Waals surface area contributed by atoms with Gasteiger partial charge in [0.25, 0.3) is 0 Å². The molecule has 0 saturated heterocycles. The molecule has 0 amide bonds. The summed E-state index contributed by atoms with van der Waals surface area (Å²) < 4.78 is 0. The fraction of sp³-hybridized carbons (Fsp3) is 0.519. The largest absolute Gasteiger partial charge is 0.507 e. The summed E-state index contributed by atoms with van der Waals surface area (Å²) in [7, 11) is 0. The molecule has 3 atom stereocenters. The highest BCUT2D eigenvalue weighted by atomic mass is 16.3. The number of carbonyl (C=O) groups is 3. The second kappa shape index (κ2) is 8.24. The number of phenolic OH excluding ortho intramolecular Hbond substituents is 1. The van der Waals surface area contributed by atoms with Crippen LogP contribution in [0.15, 0.2) is 28.9 Å². The standard InChI is InChI=1S/C27H32O6/c1-13(2)6-5-7-16-8-9-20(29)23-19(16)12-17-11-18-10-14(3)21(15(4)28)25(31)27(18,33)26(32)22(17)24(23)30/h8-9,13,17-18,29-30,33H,5-7,10-12H2,1-4H3. The molecule has 0 aliphatic heterocycles. The second-order valence-corrected chi connectivity index (χ2v) is 10.3. The molecule has 1 fully saturated rings. The molecule has 0 heterocycles. The minimum Gasteiger partial charge on any atom is -0.507 e. The van der Waals surface area contributed by atoms with Gasteiger partial charge in [-0.05, 0) is 75.0 Å². The van der Waals surface area contributed by atoms with Crippen LogP contribution in [0.4, 0.5) is 0 Å². The maximum atomic E-state index is 13.6. The summed E-state index contributed by atoms with van der Waals surface area (Å²) in [6.45, 7) is 7.29. The number of aromatic hydroxyl groups is 1. The number of hydrogen-bond donors (Lipinski definition) is 3. The molecular weight excluding hydrogens is 420 g/mol. The minimum absolute atomic E-state index is 0.00770. The lowest BCUT2D eigenvalue weighted by molar-refractivity contribution is -0.157. The van der Waals surface area contributed by atoms with Gasteiger partial charge in [-0.2, -0.15) is 0 Å². The van der Waals surface area contributed by atoms with Gasteiger partial charge in [0.2, 0.25) is 11.6 Å². The molecule has 0 spiro atoms. The van der Waals surface area contributed by atoms with Crippen molar-refractivity contribution in [2.24, 2.45) is 17.8 Å². The first-order valence-electron chi connectivity index (χ1n) is 11.8. The molecule has 0 bridgehead atoms. The molecule has 33 heavy (non-hydrogen) atoms. The number of phenols is 1. The van der Waals surface area contributed by atoms with Crippen molar-refractivity contribution in [2.45, 2.75) is 71.8 Å². The summed E-state index contributed by atoms with van der Waals surface area (Å²) in [6.07, 6.45) is 3.92. The van der Waals surface area contributed by atoms with Crippen LogP contribution in [-0.2, 0) is 27.2 Å². The van der Waals surface area contributed by atoms with E-state index in [9.17, 15) is 29.7 Å². The topological polar surface area (TPSA) is 112 Å². The van der Waals surface area contributed by atoms with Crippen LogP contribution in [0.25, 0.3) is 5.76 Å². The number of carbonyl (C=O) groups excluding carboxylic acids is 3. The van der Waals surface area contributed by atoms with E-state index in [0.717, 1.165) is 30.4 Å². The Hall–Kier alpha value is -2.73. The molecule has 4 rings (SSSR count). The van der Waals surface area contributed by atoms with Crippen LogP contribution in [0.2, 0.25) is 0 Å². The van der Waals surface area contributed by atoms with E-state index in [1.54, 1.807) is 6.92 Å². The van der Waals surface area contributed by atoms with Crippen molar-refractivity contribution in [1.82, 2.24) is 0 Å². The maximum absolute atomic E-state index is 13.6. The number of rotatable bonds is 5. The molecule has 3 unspecified atom stereocenters. The van der Waals surface area contributed by atoms with Gasteiger partial charge in [-0.15, -0.1) is 0 Å². The molecule has 6 nitrogen and oxygen atoms in total. The average Bonchev–Trinajstić information content (AvgIpc) is 2.71. The number of Topliss-reactive ketones (excluding diaryl/α,β-unsaturated/α-hetero) is 3. The third-order valence-electron chi connectivity index (χ3n) is 7.62. The number of benzene rings is 1. The van der Waals surface area contributed by atoms with Crippen LogP contribution < -0.4 is 0 Å². The van der Waals surface area contributed by atoms with Crippen LogP contribution in [0.3, 0.4) is 0 Å². The van der Waals surface area contributed by atoms with Crippen molar-refractivity contribution in [3.05, 3.63) is 45.5 Å². The van der Waals surface area contributed by atoms with E-state index < -0.39 is 28.9 Å². The molecule has 1 saturated carbocycles. The van der Waals surface area contributed by atoms with Gasteiger partial charge in [-0.1, -0.05) is 31.9 Å². The summed E-state index contributed by atoms with van der Waals surface area (Å²) in [4.78, 5) is 38.8. The number of ketones is 3. The van der Waals surface area contributed by atoms with Gasteiger partial charge in [0.05, 0.1) is 11.1 Å². The Morgan fingerprint density at radius 2 is 1.85 bits per heavy atom. The summed E-state index contributed by atoms with van der Waals surface area (Å²) in [5, 5.41) is 33.1. The number of aryl methyl sites for hydroxylation is 1. The van der Waals surface area contributed by atoms with Crippen LogP contribution in [0.5, 0.6) is 5.75 Å². The predicted molar refractivity (Wildman–Crippen MR) is 124 cm³/mol. The van der Waals surface area contributed by atoms with Crippen molar-refractivity contribution in [1.29, 1.82) is 0 Å². The van der Waals surface area contributed by atoms with E-state index >= 15 is 0 Å². The van der Waals surface area contributed by atoms with Gasteiger partial charge in [0.1, 0.15) is 11.5 Å². The molecular formula is C27H32O6. The highest BCUT2D eigenvalue weighted by Gasteiger charge is 2.60. The van der Waals surface area contributed by atoms with Gasteiger partial charge in [-0.25, -0.2) is 0 Å². The molecule has 3 N–H and O–H groups in total. The molecule has 1 aromatic rings. The quantitative estimate of drug-likeness (QED) is 0.460. The van der Waals surface area contributed by atoms with E-state index in [2.05, 4.69) is 13.8 Å². The highest BCUT2D eigenvalue weighted by Crippen LogP contribution is 2.51. The van der Waals surface area contributed by atoms with Gasteiger partial charge in [-0.3, -0.25) is 14.4 Å². The fourth-order valence-electron chi connectivity index (χ4n) is 6.02. The Morgan fingerprint density at radius 3 is 2.48 bits per heavy atom. The Morgan fingerprint density at radius 1 is 1.15 bits per heavy atom. The molecule has 6 heteroatoms. The SMILES string of the molecule is CC(=O)C1=C(C)CC2CC3Cc4c(CCCC(C)C)ccc(O)c4C(O)=C3C(=O)C2(O)C1=O. The number of fused-ring (bicyclic) bond motifs is 3. The van der Waals surface area contributed by atoms with Crippen molar-refractivity contribution in [2.75, 3.05) is 0 Å². The van der Waals surface area contributed by atoms with Crippen LogP contribution in [-0.4, -0.2) is 38.3 Å². The molecule has 0 aromatic heterocycles. The van der Waals surface area contributed by atoms with E-state index in [-0.39, 0.29) is 40.6 Å². The van der Waals surface area contributed by atoms with Gasteiger partial charge >= 0.3 is 0 Å². The molecule has 1 aromatic carbocycles. The molecule has 3 aliphatic carbocycles. The van der Waals surface area contributed by atoms with Crippen molar-refractivity contribution < 1.29 is 29.7 Å². The van der Waals surface area contributed by atoms with Gasteiger partial charge in [0, 0.05) is 11.5 Å². The summed E-state index contributed by atoms with van der Waals surface area (Å²) >= 11 is 0. The number of allylic oxidation sites excluding steroid dienone is 1. The zero-order chi connectivity index (χ0) is 24.2. The fourth-order valence-corrected chi connectivity index (χ4v) is 6.02. The average molecular weight is 453 g/mol. The first-order valence-corrected chi connectivity index (χ1v) is 11.8. The Labute approximate surface area is 194 Å². The smallest absolute Gasteiger partial charge is 0.206 e. The van der Waals surface area contributed by atoms with Crippen LogP contribution in [0.1, 0.15) is 70.1 Å². The summed E-state index contributed by atoms with van der Waals surface area (Å²) in [6, 6.07) is 3.40. The highest BCUT2D eigenvalue weighted by molar-refractivity contribution is 6.33. The van der Waals surface area contributed by atoms with Crippen molar-refractivity contribution in [3.8, 4) is 5.75 Å². The van der Waals surface area contributed by atoms with Crippen LogP contribution >= 0.6 is 0 Å². The molecule has 176 valence electrons. The zero-order valence-corrected chi connectivity index (χ0v) is 19.7. The zero-order valence-electron chi connectivity index (χ0n) is 19.7. The third-order valence-corrected chi connectivity index (χ3v) is 7.62. The van der Waals surface area contributed by atoms with Gasteiger partial charge < -0.3 is 15.3 Å². The van der Waals surface area contributed by atoms with Crippen molar-refractivity contribution in [3.63, 3.8) is 0 Å². The molecule has 3 aliphatic rings. The lowest BCUT2D eigenvalue weighted by Gasteiger charge is -2.46.